The van der Waals surface area contributed by atoms with Gasteiger partial charge in [0, 0.05) is 30.8 Å². The summed E-state index contributed by atoms with van der Waals surface area (Å²) in [5.74, 6) is 0.232. The van der Waals surface area contributed by atoms with Crippen molar-refractivity contribution >= 4 is 23.2 Å². The van der Waals surface area contributed by atoms with Gasteiger partial charge in [0.25, 0.3) is 11.6 Å². The zero-order chi connectivity index (χ0) is 21.0. The molecule has 0 radical (unpaired) electrons. The van der Waals surface area contributed by atoms with Crippen LogP contribution in [0.5, 0.6) is 11.5 Å². The number of hydrogen-bond acceptors (Lipinski definition) is 6. The van der Waals surface area contributed by atoms with Crippen molar-refractivity contribution in [1.29, 1.82) is 0 Å². The van der Waals surface area contributed by atoms with E-state index in [1.807, 2.05) is 0 Å². The van der Waals surface area contributed by atoms with Gasteiger partial charge in [0.05, 0.1) is 24.7 Å². The van der Waals surface area contributed by atoms with E-state index in [9.17, 15) is 19.7 Å². The Bertz CT molecular complexity index is 928. The highest BCUT2D eigenvalue weighted by atomic mass is 16.6. The maximum atomic E-state index is 13.4. The fraction of sp³-hybridized carbons (Fsp3) is 0.300. The van der Waals surface area contributed by atoms with Crippen molar-refractivity contribution in [3.05, 3.63) is 58.1 Å². The molecule has 2 amide bonds. The molecule has 9 nitrogen and oxygen atoms in total. The summed E-state index contributed by atoms with van der Waals surface area (Å²) in [7, 11) is 2.91. The van der Waals surface area contributed by atoms with Crippen LogP contribution in [0.4, 0.5) is 11.4 Å². The van der Waals surface area contributed by atoms with Crippen LogP contribution < -0.4 is 14.4 Å². The first-order chi connectivity index (χ1) is 14.0. The lowest BCUT2D eigenvalue weighted by Gasteiger charge is -2.28. The summed E-state index contributed by atoms with van der Waals surface area (Å²) in [6.45, 7) is 0.584. The number of nitro benzene ring substituents is 1. The van der Waals surface area contributed by atoms with Crippen molar-refractivity contribution in [3.63, 3.8) is 0 Å². The molecule has 9 heteroatoms. The fourth-order valence-corrected chi connectivity index (χ4v) is 3.24. The molecule has 0 aromatic heterocycles. The minimum atomic E-state index is -0.509. The quantitative estimate of drug-likeness (QED) is 0.524. The fourth-order valence-electron chi connectivity index (χ4n) is 3.24. The molecule has 1 fully saturated rings. The van der Waals surface area contributed by atoms with E-state index < -0.39 is 10.8 Å². The summed E-state index contributed by atoms with van der Waals surface area (Å²) in [4.78, 5) is 39.0. The number of ether oxygens (including phenoxy) is 2. The van der Waals surface area contributed by atoms with Gasteiger partial charge in [0.15, 0.2) is 11.5 Å². The van der Waals surface area contributed by atoms with Gasteiger partial charge in [-0.2, -0.15) is 0 Å². The third kappa shape index (κ3) is 4.13. The van der Waals surface area contributed by atoms with Gasteiger partial charge in [-0.15, -0.1) is 0 Å². The van der Waals surface area contributed by atoms with E-state index in [0.717, 1.165) is 6.42 Å². The summed E-state index contributed by atoms with van der Waals surface area (Å²) >= 11 is 0. The third-order valence-corrected chi connectivity index (χ3v) is 4.73. The first-order valence-corrected chi connectivity index (χ1v) is 9.01. The number of carbonyl (C=O) groups excluding carboxylic acids is 2. The van der Waals surface area contributed by atoms with Crippen LogP contribution >= 0.6 is 0 Å². The number of likely N-dealkylation sites (tertiary alicyclic amines) is 1. The highest BCUT2D eigenvalue weighted by Crippen LogP contribution is 2.33. The van der Waals surface area contributed by atoms with Crippen LogP contribution in [0.15, 0.2) is 42.5 Å². The Morgan fingerprint density at radius 1 is 1.17 bits per heavy atom. The number of hydrogen-bond donors (Lipinski definition) is 0. The van der Waals surface area contributed by atoms with E-state index in [4.69, 9.17) is 9.47 Å². The molecule has 1 saturated heterocycles. The Morgan fingerprint density at radius 2 is 1.90 bits per heavy atom. The number of amides is 2. The molecule has 0 bridgehead atoms. The molecule has 1 aliphatic rings. The van der Waals surface area contributed by atoms with E-state index in [1.165, 1.54) is 43.4 Å². The molecule has 0 N–H and O–H groups in total. The Morgan fingerprint density at radius 3 is 2.45 bits per heavy atom. The maximum Gasteiger partial charge on any atom is 0.269 e. The lowest BCUT2D eigenvalue weighted by molar-refractivity contribution is -0.384. The van der Waals surface area contributed by atoms with Gasteiger partial charge in [-0.05, 0) is 30.7 Å². The van der Waals surface area contributed by atoms with Crippen LogP contribution in [-0.4, -0.2) is 49.1 Å². The molecular weight excluding hydrogens is 378 g/mol. The number of benzene rings is 2. The molecular formula is C20H21N3O6. The predicted molar refractivity (Wildman–Crippen MR) is 105 cm³/mol. The van der Waals surface area contributed by atoms with Crippen LogP contribution in [0, 0.1) is 10.1 Å². The Hall–Kier alpha value is -3.62. The summed E-state index contributed by atoms with van der Waals surface area (Å²) in [5.41, 5.74) is 0.611. The Kier molecular flexibility index (Phi) is 5.96. The average molecular weight is 399 g/mol. The summed E-state index contributed by atoms with van der Waals surface area (Å²) in [5, 5.41) is 11.0. The van der Waals surface area contributed by atoms with E-state index in [2.05, 4.69) is 0 Å². The predicted octanol–water partition coefficient (Wildman–Crippen LogP) is 2.84. The van der Waals surface area contributed by atoms with Crippen LogP contribution in [-0.2, 0) is 4.79 Å². The molecule has 0 spiro atoms. The summed E-state index contributed by atoms with van der Waals surface area (Å²) in [6.07, 6.45) is 1.16. The highest BCUT2D eigenvalue weighted by molar-refractivity contribution is 6.08. The van der Waals surface area contributed by atoms with Gasteiger partial charge in [-0.1, -0.05) is 6.07 Å². The third-order valence-electron chi connectivity index (χ3n) is 4.73. The van der Waals surface area contributed by atoms with Gasteiger partial charge in [-0.25, -0.2) is 0 Å². The van der Waals surface area contributed by atoms with Crippen molar-refractivity contribution in [2.24, 2.45) is 0 Å². The zero-order valence-corrected chi connectivity index (χ0v) is 16.2. The minimum Gasteiger partial charge on any atom is -0.493 e. The molecule has 1 heterocycles. The van der Waals surface area contributed by atoms with Crippen LogP contribution in [0.3, 0.4) is 0 Å². The van der Waals surface area contributed by atoms with Crippen LogP contribution in [0.2, 0.25) is 0 Å². The van der Waals surface area contributed by atoms with Gasteiger partial charge in [0.1, 0.15) is 6.67 Å². The standard InChI is InChI=1S/C20H21N3O6/c1-28-17-6-3-5-16(19(17)29-2)20(25)22(13-21-12-4-7-18(21)24)14-8-10-15(11-9-14)23(26)27/h3,5-6,8-11H,4,7,12-13H2,1-2H3. The van der Waals surface area contributed by atoms with Crippen molar-refractivity contribution < 1.29 is 24.0 Å². The topological polar surface area (TPSA) is 102 Å². The average Bonchev–Trinajstić information content (AvgIpc) is 3.15. The monoisotopic (exact) mass is 399 g/mol. The second-order valence-corrected chi connectivity index (χ2v) is 6.45. The van der Waals surface area contributed by atoms with Crippen LogP contribution in [0.25, 0.3) is 0 Å². The van der Waals surface area contributed by atoms with Gasteiger partial charge < -0.3 is 14.4 Å². The van der Waals surface area contributed by atoms with E-state index in [0.29, 0.717) is 24.4 Å². The van der Waals surface area contributed by atoms with Crippen molar-refractivity contribution in [2.75, 3.05) is 32.3 Å². The highest BCUT2D eigenvalue weighted by Gasteiger charge is 2.29. The molecule has 1 aliphatic heterocycles. The number of anilines is 1. The van der Waals surface area contributed by atoms with Gasteiger partial charge >= 0.3 is 0 Å². The second-order valence-electron chi connectivity index (χ2n) is 6.45. The lowest BCUT2D eigenvalue weighted by Crippen LogP contribution is -2.42. The molecule has 0 atom stereocenters. The van der Waals surface area contributed by atoms with Crippen molar-refractivity contribution in [1.82, 2.24) is 4.90 Å². The zero-order valence-electron chi connectivity index (χ0n) is 16.2. The molecule has 2 aromatic carbocycles. The SMILES string of the molecule is COc1cccc(C(=O)N(CN2CCCC2=O)c2ccc([N+](=O)[O-])cc2)c1OC. The number of methoxy groups -OCH3 is 2. The number of carbonyl (C=O) groups is 2. The van der Waals surface area contributed by atoms with E-state index in [1.54, 1.807) is 23.1 Å². The Labute approximate surface area is 167 Å². The molecule has 29 heavy (non-hydrogen) atoms. The second kappa shape index (κ2) is 8.59. The van der Waals surface area contributed by atoms with Crippen LogP contribution in [0.1, 0.15) is 23.2 Å². The molecule has 152 valence electrons. The van der Waals surface area contributed by atoms with Crippen molar-refractivity contribution in [2.45, 2.75) is 12.8 Å². The largest absolute Gasteiger partial charge is 0.493 e. The van der Waals surface area contributed by atoms with E-state index >= 15 is 0 Å². The number of nitro groups is 1. The first kappa shape index (κ1) is 20.1. The molecule has 2 aromatic rings. The smallest absolute Gasteiger partial charge is 0.269 e. The van der Waals surface area contributed by atoms with Gasteiger partial charge in [-0.3, -0.25) is 24.6 Å². The Balaban J connectivity index is 2.01. The number of non-ortho nitro benzene ring substituents is 1. The maximum absolute atomic E-state index is 13.4. The van der Waals surface area contributed by atoms with Crippen molar-refractivity contribution in [3.8, 4) is 11.5 Å². The molecule has 0 saturated carbocycles. The minimum absolute atomic E-state index is 0.0375. The normalized spacial score (nSPS) is 13.3. The molecule has 0 aliphatic carbocycles. The molecule has 3 rings (SSSR count). The number of rotatable bonds is 7. The summed E-state index contributed by atoms with van der Waals surface area (Å²) < 4.78 is 10.6. The summed E-state index contributed by atoms with van der Waals surface area (Å²) in [6, 6.07) is 10.6. The van der Waals surface area contributed by atoms with Gasteiger partial charge in [0.2, 0.25) is 5.91 Å². The first-order valence-electron chi connectivity index (χ1n) is 9.01. The van der Waals surface area contributed by atoms with E-state index in [-0.39, 0.29) is 29.6 Å². The number of para-hydroxylation sites is 1. The lowest BCUT2D eigenvalue weighted by atomic mass is 10.1. The number of nitrogens with zero attached hydrogens (tertiary/aromatic N) is 3. The molecule has 0 unspecified atom stereocenters.